The van der Waals surface area contributed by atoms with Crippen molar-refractivity contribution in [3.63, 3.8) is 0 Å². The van der Waals surface area contributed by atoms with Gasteiger partial charge in [-0.15, -0.1) is 10.2 Å². The van der Waals surface area contributed by atoms with Crippen molar-refractivity contribution in [1.29, 1.82) is 0 Å². The van der Waals surface area contributed by atoms with Crippen LogP contribution < -0.4 is 15.4 Å². The van der Waals surface area contributed by atoms with E-state index in [1.54, 1.807) is 13.4 Å². The van der Waals surface area contributed by atoms with Crippen LogP contribution in [-0.2, 0) is 26.1 Å². The summed E-state index contributed by atoms with van der Waals surface area (Å²) in [5.41, 5.74) is 2.19. The molecule has 0 aliphatic rings. The Hall–Kier alpha value is -3.06. The number of nitrogens with zero attached hydrogens (tertiary/aromatic N) is 4. The minimum Gasteiger partial charge on any atom is -0.497 e. The lowest BCUT2D eigenvalue weighted by Crippen LogP contribution is -2.38. The third kappa shape index (κ3) is 6.49. The van der Waals surface area contributed by atoms with E-state index in [1.807, 2.05) is 53.1 Å². The molecular formula is C22H27ClN6O. The number of nitrogens with one attached hydrogen (secondary N) is 2. The molecule has 3 aromatic rings. The predicted octanol–water partition coefficient (Wildman–Crippen LogP) is 3.44. The van der Waals surface area contributed by atoms with Gasteiger partial charge in [-0.3, -0.25) is 0 Å². The monoisotopic (exact) mass is 426 g/mol. The summed E-state index contributed by atoms with van der Waals surface area (Å²) in [7, 11) is 1.66. The molecule has 30 heavy (non-hydrogen) atoms. The summed E-state index contributed by atoms with van der Waals surface area (Å²) in [6.45, 7) is 4.72. The van der Waals surface area contributed by atoms with Crippen LogP contribution in [-0.4, -0.2) is 34.4 Å². The highest BCUT2D eigenvalue weighted by molar-refractivity contribution is 6.30. The molecule has 8 heteroatoms. The molecule has 2 aromatic carbocycles. The van der Waals surface area contributed by atoms with Crippen LogP contribution in [0.2, 0.25) is 5.02 Å². The molecule has 0 aliphatic heterocycles. The largest absolute Gasteiger partial charge is 0.497 e. The maximum absolute atomic E-state index is 6.09. The van der Waals surface area contributed by atoms with Crippen LogP contribution in [0, 0.1) is 0 Å². The topological polar surface area (TPSA) is 76.4 Å². The maximum atomic E-state index is 6.09. The number of aryl methyl sites for hydroxylation is 1. The molecule has 3 rings (SSSR count). The van der Waals surface area contributed by atoms with Crippen molar-refractivity contribution in [1.82, 2.24) is 25.4 Å². The standard InChI is InChI=1S/C22H27ClN6O/c1-3-21-28-27-16-29(21)12-11-24-22(26-15-18-5-4-6-19(23)13-18)25-14-17-7-9-20(30-2)10-8-17/h4-10,13,16H,3,11-12,14-15H2,1-2H3,(H2,24,25,26). The molecule has 0 bridgehead atoms. The van der Waals surface area contributed by atoms with E-state index in [0.29, 0.717) is 24.7 Å². The molecule has 0 fully saturated rings. The van der Waals surface area contributed by atoms with Crippen LogP contribution in [0.3, 0.4) is 0 Å². The van der Waals surface area contributed by atoms with Gasteiger partial charge in [0.25, 0.3) is 0 Å². The molecule has 0 amide bonds. The van der Waals surface area contributed by atoms with Crippen LogP contribution in [0.5, 0.6) is 5.75 Å². The van der Waals surface area contributed by atoms with Crippen molar-refractivity contribution in [2.45, 2.75) is 33.0 Å². The second-order valence-corrected chi connectivity index (χ2v) is 7.15. The second-order valence-electron chi connectivity index (χ2n) is 6.72. The van der Waals surface area contributed by atoms with E-state index < -0.39 is 0 Å². The number of aliphatic imine (C=N–C) groups is 1. The Morgan fingerprint density at radius 1 is 1.13 bits per heavy atom. The highest BCUT2D eigenvalue weighted by atomic mass is 35.5. The van der Waals surface area contributed by atoms with Crippen LogP contribution >= 0.6 is 11.6 Å². The quantitative estimate of drug-likeness (QED) is 0.405. The van der Waals surface area contributed by atoms with Crippen LogP contribution in [0.25, 0.3) is 0 Å². The molecule has 0 spiro atoms. The molecule has 7 nitrogen and oxygen atoms in total. The van der Waals surface area contributed by atoms with E-state index in [9.17, 15) is 0 Å². The molecule has 2 N–H and O–H groups in total. The summed E-state index contributed by atoms with van der Waals surface area (Å²) in [6.07, 6.45) is 2.61. The molecule has 0 atom stereocenters. The summed E-state index contributed by atoms with van der Waals surface area (Å²) in [5, 5.41) is 15.6. The number of aromatic nitrogens is 3. The summed E-state index contributed by atoms with van der Waals surface area (Å²) < 4.78 is 7.27. The predicted molar refractivity (Wildman–Crippen MR) is 120 cm³/mol. The summed E-state index contributed by atoms with van der Waals surface area (Å²) in [4.78, 5) is 4.72. The lowest BCUT2D eigenvalue weighted by atomic mass is 10.2. The highest BCUT2D eigenvalue weighted by Gasteiger charge is 2.04. The van der Waals surface area contributed by atoms with Gasteiger partial charge < -0.3 is 19.9 Å². The maximum Gasteiger partial charge on any atom is 0.191 e. The average molecular weight is 427 g/mol. The number of hydrogen-bond acceptors (Lipinski definition) is 4. The molecule has 158 valence electrons. The normalized spacial score (nSPS) is 11.4. The van der Waals surface area contributed by atoms with E-state index in [2.05, 4.69) is 27.8 Å². The van der Waals surface area contributed by atoms with Gasteiger partial charge in [-0.25, -0.2) is 4.99 Å². The Kier molecular flexibility index (Phi) is 8.09. The molecular weight excluding hydrogens is 400 g/mol. The van der Waals surface area contributed by atoms with Crippen LogP contribution in [0.1, 0.15) is 23.9 Å². The number of ether oxygens (including phenoxy) is 1. The Morgan fingerprint density at radius 2 is 1.97 bits per heavy atom. The van der Waals surface area contributed by atoms with Crippen LogP contribution in [0.4, 0.5) is 0 Å². The zero-order valence-corrected chi connectivity index (χ0v) is 18.1. The molecule has 0 unspecified atom stereocenters. The Labute approximate surface area is 182 Å². The van der Waals surface area contributed by atoms with Crippen molar-refractivity contribution in [2.24, 2.45) is 4.99 Å². The smallest absolute Gasteiger partial charge is 0.191 e. The van der Waals surface area contributed by atoms with Gasteiger partial charge >= 0.3 is 0 Å². The van der Waals surface area contributed by atoms with Gasteiger partial charge in [0.05, 0.1) is 13.7 Å². The first-order chi connectivity index (χ1) is 14.7. The van der Waals surface area contributed by atoms with Crippen molar-refractivity contribution >= 4 is 17.6 Å². The molecule has 1 heterocycles. The molecule has 0 saturated carbocycles. The Morgan fingerprint density at radius 3 is 2.70 bits per heavy atom. The average Bonchev–Trinajstić information content (AvgIpc) is 3.23. The van der Waals surface area contributed by atoms with Gasteiger partial charge in [0.15, 0.2) is 5.96 Å². The number of methoxy groups -OCH3 is 1. The first-order valence-electron chi connectivity index (χ1n) is 9.94. The lowest BCUT2D eigenvalue weighted by molar-refractivity contribution is 0.414. The first-order valence-corrected chi connectivity index (χ1v) is 10.3. The van der Waals surface area contributed by atoms with Gasteiger partial charge in [0, 0.05) is 31.1 Å². The van der Waals surface area contributed by atoms with E-state index >= 15 is 0 Å². The van der Waals surface area contributed by atoms with Gasteiger partial charge in [-0.2, -0.15) is 0 Å². The zero-order valence-electron chi connectivity index (χ0n) is 17.3. The van der Waals surface area contributed by atoms with Crippen molar-refractivity contribution in [2.75, 3.05) is 13.7 Å². The van der Waals surface area contributed by atoms with Crippen molar-refractivity contribution < 1.29 is 4.74 Å². The van der Waals surface area contributed by atoms with Crippen molar-refractivity contribution in [3.05, 3.63) is 76.8 Å². The van der Waals surface area contributed by atoms with Crippen molar-refractivity contribution in [3.8, 4) is 5.75 Å². The third-order valence-electron chi connectivity index (χ3n) is 4.58. The SMILES string of the molecule is CCc1nncn1CCNC(=NCc1cccc(Cl)c1)NCc1ccc(OC)cc1. The van der Waals surface area contributed by atoms with E-state index in [4.69, 9.17) is 21.3 Å². The fourth-order valence-electron chi connectivity index (χ4n) is 2.94. The van der Waals surface area contributed by atoms with Gasteiger partial charge in [0.2, 0.25) is 0 Å². The summed E-state index contributed by atoms with van der Waals surface area (Å²) in [6, 6.07) is 15.7. The molecule has 0 saturated heterocycles. The second kappa shape index (κ2) is 11.2. The van der Waals surface area contributed by atoms with Gasteiger partial charge in [-0.05, 0) is 35.4 Å². The van der Waals surface area contributed by atoms with E-state index in [1.165, 1.54) is 0 Å². The Balaban J connectivity index is 1.62. The van der Waals surface area contributed by atoms with Crippen LogP contribution in [0.15, 0.2) is 59.9 Å². The Bertz CT molecular complexity index is 954. The number of halogens is 1. The summed E-state index contributed by atoms with van der Waals surface area (Å²) in [5.74, 6) is 2.55. The molecule has 0 aliphatic carbocycles. The number of guanidine groups is 1. The fourth-order valence-corrected chi connectivity index (χ4v) is 3.16. The van der Waals surface area contributed by atoms with E-state index in [-0.39, 0.29) is 0 Å². The first kappa shape index (κ1) is 21.6. The number of hydrogen-bond donors (Lipinski definition) is 2. The molecule has 0 radical (unpaired) electrons. The minimum atomic E-state index is 0.533. The number of rotatable bonds is 9. The van der Waals surface area contributed by atoms with Gasteiger partial charge in [0.1, 0.15) is 17.9 Å². The van der Waals surface area contributed by atoms with Gasteiger partial charge in [-0.1, -0.05) is 42.8 Å². The fraction of sp³-hybridized carbons (Fsp3) is 0.318. The highest BCUT2D eigenvalue weighted by Crippen LogP contribution is 2.12. The van der Waals surface area contributed by atoms with E-state index in [0.717, 1.165) is 41.6 Å². The number of benzene rings is 2. The zero-order chi connectivity index (χ0) is 21.2. The molecule has 1 aromatic heterocycles. The minimum absolute atomic E-state index is 0.533. The third-order valence-corrected chi connectivity index (χ3v) is 4.82. The summed E-state index contributed by atoms with van der Waals surface area (Å²) >= 11 is 6.09. The lowest BCUT2D eigenvalue weighted by Gasteiger charge is -2.14.